The predicted molar refractivity (Wildman–Crippen MR) is 84.4 cm³/mol. The summed E-state index contributed by atoms with van der Waals surface area (Å²) in [4.78, 5) is 2.23. The van der Waals surface area contributed by atoms with Crippen molar-refractivity contribution in [2.24, 2.45) is 0 Å². The van der Waals surface area contributed by atoms with Crippen molar-refractivity contribution in [1.82, 2.24) is 10.2 Å². The Morgan fingerprint density at radius 2 is 1.62 bits per heavy atom. The summed E-state index contributed by atoms with van der Waals surface area (Å²) in [5.41, 5.74) is -0.246. The lowest BCUT2D eigenvalue weighted by molar-refractivity contribution is 0.0880. The summed E-state index contributed by atoms with van der Waals surface area (Å²) in [6.45, 7) is 12.7. The van der Waals surface area contributed by atoms with Crippen LogP contribution in [0.2, 0.25) is 0 Å². The molecular formula is C17H28F2N2. The van der Waals surface area contributed by atoms with Crippen LogP contribution in [-0.4, -0.2) is 30.1 Å². The van der Waals surface area contributed by atoms with Crippen LogP contribution >= 0.6 is 0 Å². The minimum absolute atomic E-state index is 0.142. The highest BCUT2D eigenvalue weighted by molar-refractivity contribution is 5.26. The van der Waals surface area contributed by atoms with E-state index in [4.69, 9.17) is 0 Å². The molecule has 0 aliphatic rings. The zero-order chi connectivity index (χ0) is 16.0. The number of nitrogens with zero attached hydrogens (tertiary/aromatic N) is 1. The van der Waals surface area contributed by atoms with Crippen LogP contribution in [0.1, 0.15) is 52.6 Å². The minimum atomic E-state index is -0.483. The van der Waals surface area contributed by atoms with Crippen molar-refractivity contribution in [3.8, 4) is 0 Å². The van der Waals surface area contributed by atoms with E-state index in [-0.39, 0.29) is 11.1 Å². The number of hydrogen-bond acceptors (Lipinski definition) is 2. The molecule has 0 fully saturated rings. The average Bonchev–Trinajstić information content (AvgIpc) is 2.42. The van der Waals surface area contributed by atoms with Crippen LogP contribution in [0.15, 0.2) is 18.2 Å². The molecule has 0 aliphatic carbocycles. The van der Waals surface area contributed by atoms with Crippen LogP contribution in [0.25, 0.3) is 0 Å². The maximum Gasteiger partial charge on any atom is 0.130 e. The quantitative estimate of drug-likeness (QED) is 0.776. The Morgan fingerprint density at radius 3 is 2.05 bits per heavy atom. The van der Waals surface area contributed by atoms with Crippen LogP contribution in [0.4, 0.5) is 8.78 Å². The van der Waals surface area contributed by atoms with Gasteiger partial charge in [0, 0.05) is 11.1 Å². The summed E-state index contributed by atoms with van der Waals surface area (Å²) in [6, 6.07) is 3.68. The molecule has 4 heteroatoms. The third-order valence-corrected chi connectivity index (χ3v) is 4.17. The molecule has 120 valence electrons. The lowest BCUT2D eigenvalue weighted by Gasteiger charge is -2.44. The molecule has 0 heterocycles. The van der Waals surface area contributed by atoms with Gasteiger partial charge in [0.2, 0.25) is 0 Å². The monoisotopic (exact) mass is 298 g/mol. The Bertz CT molecular complexity index is 422. The first kappa shape index (κ1) is 18.1. The molecule has 1 aromatic rings. The van der Waals surface area contributed by atoms with E-state index in [0.717, 1.165) is 26.1 Å². The normalized spacial score (nSPS) is 13.7. The second kappa shape index (κ2) is 7.85. The van der Waals surface area contributed by atoms with E-state index in [1.165, 1.54) is 18.2 Å². The van der Waals surface area contributed by atoms with E-state index in [1.54, 1.807) is 0 Å². The molecule has 1 unspecified atom stereocenters. The first-order valence-electron chi connectivity index (χ1n) is 7.82. The van der Waals surface area contributed by atoms with Gasteiger partial charge in [-0.2, -0.15) is 0 Å². The molecule has 0 amide bonds. The maximum absolute atomic E-state index is 14.2. The lowest BCUT2D eigenvalue weighted by atomic mass is 9.86. The highest BCUT2D eigenvalue weighted by Gasteiger charge is 2.37. The van der Waals surface area contributed by atoms with Gasteiger partial charge in [-0.25, -0.2) is 8.78 Å². The predicted octanol–water partition coefficient (Wildman–Crippen LogP) is 4.13. The Balaban J connectivity index is 3.28. The highest BCUT2D eigenvalue weighted by Crippen LogP contribution is 2.34. The van der Waals surface area contributed by atoms with Gasteiger partial charge < -0.3 is 5.32 Å². The summed E-state index contributed by atoms with van der Waals surface area (Å²) in [5, 5.41) is 3.34. The first-order chi connectivity index (χ1) is 9.89. The minimum Gasteiger partial charge on any atom is -0.308 e. The van der Waals surface area contributed by atoms with Crippen LogP contribution in [0.5, 0.6) is 0 Å². The zero-order valence-electron chi connectivity index (χ0n) is 13.8. The second-order valence-corrected chi connectivity index (χ2v) is 5.85. The van der Waals surface area contributed by atoms with Gasteiger partial charge in [0.15, 0.2) is 0 Å². The van der Waals surface area contributed by atoms with E-state index >= 15 is 0 Å². The van der Waals surface area contributed by atoms with Gasteiger partial charge in [0.25, 0.3) is 0 Å². The molecule has 21 heavy (non-hydrogen) atoms. The standard InChI is InChI=1S/C17H28F2N2/c1-6-12-20-16(17(4,5)21(7-2)8-3)15-13(18)10-9-11-14(15)19/h9-11,16,20H,6-8,12H2,1-5H3. The summed E-state index contributed by atoms with van der Waals surface area (Å²) in [7, 11) is 0. The second-order valence-electron chi connectivity index (χ2n) is 5.85. The van der Waals surface area contributed by atoms with Crippen LogP contribution in [0.3, 0.4) is 0 Å². The molecule has 0 saturated carbocycles. The molecule has 1 rings (SSSR count). The fourth-order valence-corrected chi connectivity index (χ4v) is 3.00. The number of halogens is 2. The Morgan fingerprint density at radius 1 is 1.10 bits per heavy atom. The van der Waals surface area contributed by atoms with E-state index < -0.39 is 17.7 Å². The van der Waals surface area contributed by atoms with Crippen LogP contribution in [0, 0.1) is 11.6 Å². The summed E-state index contributed by atoms with van der Waals surface area (Å²) < 4.78 is 28.5. The zero-order valence-corrected chi connectivity index (χ0v) is 13.8. The summed E-state index contributed by atoms with van der Waals surface area (Å²) in [5.74, 6) is -0.965. The van der Waals surface area contributed by atoms with Gasteiger partial charge in [-0.15, -0.1) is 0 Å². The summed E-state index contributed by atoms with van der Waals surface area (Å²) in [6.07, 6.45) is 0.918. The fourth-order valence-electron chi connectivity index (χ4n) is 3.00. The van der Waals surface area contributed by atoms with Gasteiger partial charge in [0.1, 0.15) is 11.6 Å². The number of rotatable bonds is 8. The summed E-state index contributed by atoms with van der Waals surface area (Å²) >= 11 is 0. The van der Waals surface area contributed by atoms with E-state index in [9.17, 15) is 8.78 Å². The third kappa shape index (κ3) is 4.01. The van der Waals surface area contributed by atoms with Gasteiger partial charge in [-0.05, 0) is 52.0 Å². The van der Waals surface area contributed by atoms with E-state index in [1.807, 2.05) is 20.8 Å². The average molecular weight is 298 g/mol. The van der Waals surface area contributed by atoms with E-state index in [2.05, 4.69) is 24.1 Å². The molecule has 0 spiro atoms. The number of nitrogens with one attached hydrogen (secondary N) is 1. The van der Waals surface area contributed by atoms with Crippen molar-refractivity contribution >= 4 is 0 Å². The van der Waals surface area contributed by atoms with Gasteiger partial charge in [0.05, 0.1) is 6.04 Å². The van der Waals surface area contributed by atoms with Crippen LogP contribution < -0.4 is 5.32 Å². The van der Waals surface area contributed by atoms with Crippen molar-refractivity contribution in [2.75, 3.05) is 19.6 Å². The van der Waals surface area contributed by atoms with Gasteiger partial charge in [-0.3, -0.25) is 4.90 Å². The molecule has 0 saturated heterocycles. The van der Waals surface area contributed by atoms with Crippen molar-refractivity contribution in [2.45, 2.75) is 52.6 Å². The number of benzene rings is 1. The van der Waals surface area contributed by atoms with Crippen molar-refractivity contribution in [3.63, 3.8) is 0 Å². The molecule has 2 nitrogen and oxygen atoms in total. The Hall–Kier alpha value is -1.00. The van der Waals surface area contributed by atoms with Crippen molar-refractivity contribution in [3.05, 3.63) is 35.4 Å². The SMILES string of the molecule is CCCNC(c1c(F)cccc1F)C(C)(C)N(CC)CC. The van der Waals surface area contributed by atoms with Crippen molar-refractivity contribution in [1.29, 1.82) is 0 Å². The topological polar surface area (TPSA) is 15.3 Å². The van der Waals surface area contributed by atoms with Crippen molar-refractivity contribution < 1.29 is 8.78 Å². The van der Waals surface area contributed by atoms with Gasteiger partial charge >= 0.3 is 0 Å². The lowest BCUT2D eigenvalue weighted by Crippen LogP contribution is -2.53. The van der Waals surface area contributed by atoms with Gasteiger partial charge in [-0.1, -0.05) is 26.8 Å². The molecule has 0 radical (unpaired) electrons. The Labute approximate surface area is 127 Å². The maximum atomic E-state index is 14.2. The number of likely N-dealkylation sites (N-methyl/N-ethyl adjacent to an activating group) is 1. The first-order valence-corrected chi connectivity index (χ1v) is 7.82. The molecule has 1 atom stereocenters. The van der Waals surface area contributed by atoms with Crippen LogP contribution in [-0.2, 0) is 0 Å². The number of hydrogen-bond donors (Lipinski definition) is 1. The third-order valence-electron chi connectivity index (χ3n) is 4.17. The molecule has 0 aromatic heterocycles. The molecule has 0 bridgehead atoms. The highest BCUT2D eigenvalue weighted by atomic mass is 19.1. The molecule has 1 N–H and O–H groups in total. The molecule has 1 aromatic carbocycles. The Kier molecular flexibility index (Phi) is 6.75. The fraction of sp³-hybridized carbons (Fsp3) is 0.647. The largest absolute Gasteiger partial charge is 0.308 e. The molecular weight excluding hydrogens is 270 g/mol. The van der Waals surface area contributed by atoms with E-state index in [0.29, 0.717) is 0 Å². The smallest absolute Gasteiger partial charge is 0.130 e. The molecule has 0 aliphatic heterocycles.